The maximum absolute atomic E-state index is 5.52. The molecule has 14 heavy (non-hydrogen) atoms. The topological polar surface area (TPSA) is 51.2 Å². The number of nitrogens with two attached hydrogens (primary N) is 1. The van der Waals surface area contributed by atoms with Crippen LogP contribution in [0.5, 0.6) is 0 Å². The highest BCUT2D eigenvalue weighted by Crippen LogP contribution is 2.31. The fourth-order valence-corrected chi connectivity index (χ4v) is 2.85. The number of furan rings is 1. The number of rotatable bonds is 3. The van der Waals surface area contributed by atoms with E-state index in [1.165, 1.54) is 0 Å². The quantitative estimate of drug-likeness (QED) is 0.667. The van der Waals surface area contributed by atoms with Crippen molar-refractivity contribution in [3.8, 4) is 0 Å². The molecule has 1 unspecified atom stereocenters. The monoisotopic (exact) mass is 272 g/mol. The van der Waals surface area contributed by atoms with E-state index in [-0.39, 0.29) is 6.04 Å². The molecule has 3 N–H and O–H groups in total. The number of hydrogen-bond acceptors (Lipinski definition) is 4. The van der Waals surface area contributed by atoms with E-state index in [1.807, 2.05) is 11.4 Å². The minimum atomic E-state index is -0.0191. The molecule has 2 aromatic heterocycles. The van der Waals surface area contributed by atoms with Crippen molar-refractivity contribution in [3.63, 3.8) is 0 Å². The number of halogens is 1. The van der Waals surface area contributed by atoms with Gasteiger partial charge >= 0.3 is 0 Å². The first-order chi connectivity index (χ1) is 6.83. The zero-order chi connectivity index (χ0) is 9.97. The Morgan fingerprint density at radius 2 is 2.36 bits per heavy atom. The summed E-state index contributed by atoms with van der Waals surface area (Å²) in [5, 5.41) is 4.08. The van der Waals surface area contributed by atoms with Crippen molar-refractivity contribution in [2.75, 3.05) is 0 Å². The van der Waals surface area contributed by atoms with Crippen LogP contribution in [0.4, 0.5) is 0 Å². The third-order valence-electron chi connectivity index (χ3n) is 2.00. The van der Waals surface area contributed by atoms with Crippen LogP contribution in [0.1, 0.15) is 17.2 Å². The van der Waals surface area contributed by atoms with Gasteiger partial charge in [0.2, 0.25) is 0 Å². The van der Waals surface area contributed by atoms with Gasteiger partial charge in [0, 0.05) is 15.4 Å². The largest absolute Gasteiger partial charge is 0.472 e. The number of hydrogen-bond donors (Lipinski definition) is 2. The van der Waals surface area contributed by atoms with E-state index >= 15 is 0 Å². The molecular weight excluding hydrogens is 264 g/mol. The van der Waals surface area contributed by atoms with Crippen molar-refractivity contribution in [2.45, 2.75) is 6.04 Å². The van der Waals surface area contributed by atoms with Crippen LogP contribution in [0.15, 0.2) is 38.2 Å². The van der Waals surface area contributed by atoms with Crippen molar-refractivity contribution < 1.29 is 4.42 Å². The maximum atomic E-state index is 5.52. The zero-order valence-corrected chi connectivity index (χ0v) is 9.64. The fraction of sp³-hybridized carbons (Fsp3) is 0.111. The molecule has 1 atom stereocenters. The summed E-state index contributed by atoms with van der Waals surface area (Å²) in [6.45, 7) is 0. The summed E-state index contributed by atoms with van der Waals surface area (Å²) in [7, 11) is 0. The molecule has 74 valence electrons. The van der Waals surface area contributed by atoms with Gasteiger partial charge in [0.1, 0.15) is 0 Å². The minimum Gasteiger partial charge on any atom is -0.472 e. The SMILES string of the molecule is NNC(c1ccoc1)c1cscc1Br. The van der Waals surface area contributed by atoms with Crippen molar-refractivity contribution in [1.82, 2.24) is 5.43 Å². The third-order valence-corrected chi connectivity index (χ3v) is 3.75. The number of hydrazine groups is 1. The van der Waals surface area contributed by atoms with Gasteiger partial charge in [-0.25, -0.2) is 5.43 Å². The van der Waals surface area contributed by atoms with Crippen LogP contribution in [-0.2, 0) is 0 Å². The van der Waals surface area contributed by atoms with Crippen LogP contribution in [0.3, 0.4) is 0 Å². The van der Waals surface area contributed by atoms with Crippen molar-refractivity contribution in [3.05, 3.63) is 45.0 Å². The van der Waals surface area contributed by atoms with Crippen molar-refractivity contribution in [1.29, 1.82) is 0 Å². The predicted octanol–water partition coefficient (Wildman–Crippen LogP) is 2.66. The predicted molar refractivity (Wildman–Crippen MR) is 59.9 cm³/mol. The molecule has 5 heteroatoms. The Balaban J connectivity index is 2.36. The Bertz CT molecular complexity index is 399. The Hall–Kier alpha value is -0.620. The van der Waals surface area contributed by atoms with Gasteiger partial charge in [0.05, 0.1) is 18.6 Å². The number of thiophene rings is 1. The van der Waals surface area contributed by atoms with Crippen LogP contribution >= 0.6 is 27.3 Å². The normalized spacial score (nSPS) is 13.0. The molecule has 0 saturated carbocycles. The van der Waals surface area contributed by atoms with Gasteiger partial charge in [-0.1, -0.05) is 0 Å². The lowest BCUT2D eigenvalue weighted by molar-refractivity contribution is 0.553. The summed E-state index contributed by atoms with van der Waals surface area (Å²) < 4.78 is 6.09. The van der Waals surface area contributed by atoms with Gasteiger partial charge in [-0.15, -0.1) is 0 Å². The summed E-state index contributed by atoms with van der Waals surface area (Å²) in [6.07, 6.45) is 3.33. The van der Waals surface area contributed by atoms with Crippen LogP contribution in [0.25, 0.3) is 0 Å². The van der Waals surface area contributed by atoms with Crippen LogP contribution in [-0.4, -0.2) is 0 Å². The summed E-state index contributed by atoms with van der Waals surface area (Å²) >= 11 is 5.11. The standard InChI is InChI=1S/C9H9BrN2OS/c10-8-5-14-4-7(8)9(12-11)6-1-2-13-3-6/h1-5,9,12H,11H2. The fourth-order valence-electron chi connectivity index (χ4n) is 1.30. The highest BCUT2D eigenvalue weighted by Gasteiger charge is 2.16. The van der Waals surface area contributed by atoms with E-state index in [4.69, 9.17) is 10.3 Å². The molecule has 2 rings (SSSR count). The third kappa shape index (κ3) is 1.76. The molecule has 0 radical (unpaired) electrons. The molecule has 0 aromatic carbocycles. The van der Waals surface area contributed by atoms with E-state index in [0.29, 0.717) is 0 Å². The molecule has 0 aliphatic heterocycles. The summed E-state index contributed by atoms with van der Waals surface area (Å²) in [6, 6.07) is 1.88. The molecule has 2 heterocycles. The van der Waals surface area contributed by atoms with Crippen molar-refractivity contribution in [2.24, 2.45) is 5.84 Å². The zero-order valence-electron chi connectivity index (χ0n) is 7.24. The molecule has 3 nitrogen and oxygen atoms in total. The van der Waals surface area contributed by atoms with Crippen LogP contribution in [0.2, 0.25) is 0 Å². The molecule has 2 aromatic rings. The summed E-state index contributed by atoms with van der Waals surface area (Å²) in [4.78, 5) is 0. The van der Waals surface area contributed by atoms with Gasteiger partial charge in [-0.05, 0) is 32.9 Å². The Kier molecular flexibility index (Phi) is 3.02. The molecule has 0 spiro atoms. The second-order valence-corrected chi connectivity index (χ2v) is 4.43. The number of nitrogens with one attached hydrogen (secondary N) is 1. The molecular formula is C9H9BrN2OS. The average molecular weight is 273 g/mol. The van der Waals surface area contributed by atoms with Gasteiger partial charge in [0.25, 0.3) is 0 Å². The lowest BCUT2D eigenvalue weighted by Crippen LogP contribution is -2.28. The highest BCUT2D eigenvalue weighted by atomic mass is 79.9. The molecule has 0 fully saturated rings. The van der Waals surface area contributed by atoms with E-state index in [0.717, 1.165) is 15.6 Å². The summed E-state index contributed by atoms with van der Waals surface area (Å²) in [5.74, 6) is 5.52. The Labute approximate surface area is 94.0 Å². The second-order valence-electron chi connectivity index (χ2n) is 2.83. The molecule has 0 amide bonds. The lowest BCUT2D eigenvalue weighted by atomic mass is 10.1. The molecule has 0 aliphatic carbocycles. The lowest BCUT2D eigenvalue weighted by Gasteiger charge is -2.13. The van der Waals surface area contributed by atoms with Gasteiger partial charge in [0.15, 0.2) is 0 Å². The van der Waals surface area contributed by atoms with E-state index in [2.05, 4.69) is 26.7 Å². The van der Waals surface area contributed by atoms with E-state index in [1.54, 1.807) is 23.9 Å². The highest BCUT2D eigenvalue weighted by molar-refractivity contribution is 9.10. The average Bonchev–Trinajstić information content (AvgIpc) is 2.80. The van der Waals surface area contributed by atoms with Gasteiger partial charge in [-0.3, -0.25) is 5.84 Å². The maximum Gasteiger partial charge on any atom is 0.0954 e. The first kappa shape index (κ1) is 9.92. The smallest absolute Gasteiger partial charge is 0.0954 e. The van der Waals surface area contributed by atoms with Gasteiger partial charge < -0.3 is 4.42 Å². The molecule has 0 saturated heterocycles. The second kappa shape index (κ2) is 4.27. The first-order valence-electron chi connectivity index (χ1n) is 4.02. The Morgan fingerprint density at radius 3 is 2.86 bits per heavy atom. The van der Waals surface area contributed by atoms with Crippen LogP contribution in [0, 0.1) is 0 Å². The van der Waals surface area contributed by atoms with E-state index < -0.39 is 0 Å². The molecule has 0 aliphatic rings. The molecule has 0 bridgehead atoms. The first-order valence-corrected chi connectivity index (χ1v) is 5.76. The van der Waals surface area contributed by atoms with Gasteiger partial charge in [-0.2, -0.15) is 11.3 Å². The Morgan fingerprint density at radius 1 is 1.50 bits per heavy atom. The minimum absolute atomic E-state index is 0.0191. The summed E-state index contributed by atoms with van der Waals surface area (Å²) in [5.41, 5.74) is 4.91. The van der Waals surface area contributed by atoms with E-state index in [9.17, 15) is 0 Å². The van der Waals surface area contributed by atoms with Crippen molar-refractivity contribution >= 4 is 27.3 Å². The van der Waals surface area contributed by atoms with Crippen LogP contribution < -0.4 is 11.3 Å².